The molecule has 6 rings (SSSR count). The van der Waals surface area contributed by atoms with Gasteiger partial charge in [0.2, 0.25) is 5.69 Å². The van der Waals surface area contributed by atoms with Gasteiger partial charge in [0, 0.05) is 46.1 Å². The lowest BCUT2D eigenvalue weighted by Crippen LogP contribution is -2.29. The van der Waals surface area contributed by atoms with Gasteiger partial charge in [0.1, 0.15) is 6.61 Å². The molecule has 1 aliphatic carbocycles. The van der Waals surface area contributed by atoms with E-state index in [2.05, 4.69) is 110 Å². The minimum atomic E-state index is -0.124. The van der Waals surface area contributed by atoms with E-state index in [1.807, 2.05) is 0 Å². The van der Waals surface area contributed by atoms with Crippen molar-refractivity contribution in [2.24, 2.45) is 0 Å². The van der Waals surface area contributed by atoms with E-state index in [9.17, 15) is 0 Å². The molecule has 0 aromatic heterocycles. The largest absolute Gasteiger partial charge is 0.377 e. The Morgan fingerprint density at radius 2 is 1.41 bits per heavy atom. The van der Waals surface area contributed by atoms with E-state index in [1.165, 1.54) is 45.1 Å². The standard InChI is InChI=1S/C38H46ClN2O3/c1-37(2)30-12-5-7-14-32(30)40-20-22-42-24-26-44-27-25-43-23-21-41-33-15-8-6-13-31(33)38(3,4)35(41)19-17-29-11-9-10-28(36(29)39)16-18-34(37)40/h5-8,12-19H,9-11,20-27H2,1-4H3/q+1. The van der Waals surface area contributed by atoms with E-state index in [0.717, 1.165) is 37.4 Å². The van der Waals surface area contributed by atoms with Crippen LogP contribution in [-0.2, 0) is 25.0 Å². The summed E-state index contributed by atoms with van der Waals surface area (Å²) in [6, 6.07) is 17.5. The molecule has 3 aliphatic heterocycles. The highest BCUT2D eigenvalue weighted by atomic mass is 35.5. The number of para-hydroxylation sites is 2. The summed E-state index contributed by atoms with van der Waals surface area (Å²) >= 11 is 7.18. The van der Waals surface area contributed by atoms with Crippen molar-refractivity contribution in [3.63, 3.8) is 0 Å². The fraction of sp³-hybridized carbons (Fsp3) is 0.447. The van der Waals surface area contributed by atoms with Crippen LogP contribution in [0, 0.1) is 0 Å². The topological polar surface area (TPSA) is 33.9 Å². The van der Waals surface area contributed by atoms with Crippen LogP contribution < -0.4 is 4.90 Å². The molecule has 232 valence electrons. The molecule has 6 heteroatoms. The van der Waals surface area contributed by atoms with Gasteiger partial charge in [0.05, 0.1) is 38.4 Å². The fourth-order valence-corrected chi connectivity index (χ4v) is 7.50. The number of rotatable bonds is 0. The maximum Gasteiger partial charge on any atom is 0.209 e. The smallest absolute Gasteiger partial charge is 0.209 e. The van der Waals surface area contributed by atoms with E-state index < -0.39 is 0 Å². The van der Waals surface area contributed by atoms with Gasteiger partial charge >= 0.3 is 0 Å². The van der Waals surface area contributed by atoms with E-state index in [4.69, 9.17) is 25.8 Å². The molecule has 0 saturated heterocycles. The molecule has 0 spiro atoms. The number of halogens is 1. The zero-order chi connectivity index (χ0) is 30.7. The third-order valence-electron chi connectivity index (χ3n) is 9.60. The van der Waals surface area contributed by atoms with Crippen LogP contribution >= 0.6 is 11.6 Å². The minimum Gasteiger partial charge on any atom is -0.377 e. The number of hydrogen-bond donors (Lipinski definition) is 0. The van der Waals surface area contributed by atoms with Crippen molar-refractivity contribution < 1.29 is 18.8 Å². The Balaban J connectivity index is 1.37. The average Bonchev–Trinajstić information content (AvgIpc) is 3.36. The molecule has 0 saturated carbocycles. The van der Waals surface area contributed by atoms with Gasteiger partial charge in [0.15, 0.2) is 12.3 Å². The Hall–Kier alpha value is -2.96. The van der Waals surface area contributed by atoms with Gasteiger partial charge in [-0.25, -0.2) is 0 Å². The summed E-state index contributed by atoms with van der Waals surface area (Å²) in [5, 5.41) is 0.887. The van der Waals surface area contributed by atoms with Crippen molar-refractivity contribution >= 4 is 28.7 Å². The Morgan fingerprint density at radius 3 is 2.20 bits per heavy atom. The molecule has 3 heterocycles. The first kappa shape index (κ1) is 31.0. The Kier molecular flexibility index (Phi) is 9.30. The van der Waals surface area contributed by atoms with E-state index >= 15 is 0 Å². The number of benzene rings is 2. The van der Waals surface area contributed by atoms with Crippen LogP contribution in [0.4, 0.5) is 11.4 Å². The summed E-state index contributed by atoms with van der Waals surface area (Å²) in [6.45, 7) is 14.3. The van der Waals surface area contributed by atoms with Crippen LogP contribution in [0.2, 0.25) is 0 Å². The first-order chi connectivity index (χ1) is 21.3. The zero-order valence-corrected chi connectivity index (χ0v) is 27.5. The predicted molar refractivity (Wildman–Crippen MR) is 181 cm³/mol. The Bertz CT molecular complexity index is 1540. The highest BCUT2D eigenvalue weighted by Crippen LogP contribution is 2.48. The van der Waals surface area contributed by atoms with Gasteiger partial charge in [-0.2, -0.15) is 4.58 Å². The van der Waals surface area contributed by atoms with Gasteiger partial charge in [-0.3, -0.25) is 0 Å². The predicted octanol–water partition coefficient (Wildman–Crippen LogP) is 7.97. The van der Waals surface area contributed by atoms with Crippen molar-refractivity contribution in [1.29, 1.82) is 0 Å². The maximum absolute atomic E-state index is 7.18. The molecule has 2 bridgehead atoms. The minimum absolute atomic E-state index is 0.124. The highest BCUT2D eigenvalue weighted by molar-refractivity contribution is 6.32. The van der Waals surface area contributed by atoms with Crippen LogP contribution in [0.3, 0.4) is 0 Å². The van der Waals surface area contributed by atoms with Crippen LogP contribution in [-0.4, -0.2) is 63.0 Å². The normalized spacial score (nSPS) is 25.7. The third kappa shape index (κ3) is 6.00. The monoisotopic (exact) mass is 613 g/mol. The van der Waals surface area contributed by atoms with Gasteiger partial charge in [-0.05, 0) is 62.0 Å². The number of allylic oxidation sites excluding steroid dienone is 8. The van der Waals surface area contributed by atoms with Crippen molar-refractivity contribution in [2.75, 3.05) is 57.6 Å². The SMILES string of the molecule is CC1(C)C2=[N+](CCOCCOCCOCCN3/C(=C/C=C4\CCCC(=C4Cl)/C=C/2)C(C)(C)c2ccccc23)c2ccccc21. The quantitative estimate of drug-likeness (QED) is 0.282. The van der Waals surface area contributed by atoms with Crippen LogP contribution in [0.15, 0.2) is 94.7 Å². The highest BCUT2D eigenvalue weighted by Gasteiger charge is 2.44. The third-order valence-corrected chi connectivity index (χ3v) is 10.1. The van der Waals surface area contributed by atoms with Gasteiger partial charge in [-0.15, -0.1) is 0 Å². The summed E-state index contributed by atoms with van der Waals surface area (Å²) in [5.41, 5.74) is 9.90. The molecular formula is C38H46ClN2O3+. The molecule has 4 aliphatic rings. The summed E-state index contributed by atoms with van der Waals surface area (Å²) in [5.74, 6) is 0. The van der Waals surface area contributed by atoms with Crippen LogP contribution in [0.1, 0.15) is 58.1 Å². The lowest BCUT2D eigenvalue weighted by Gasteiger charge is -2.27. The van der Waals surface area contributed by atoms with Gasteiger partial charge < -0.3 is 19.1 Å². The molecule has 2 aromatic carbocycles. The lowest BCUT2D eigenvalue weighted by atomic mass is 9.81. The maximum atomic E-state index is 7.18. The van der Waals surface area contributed by atoms with Gasteiger partial charge in [-0.1, -0.05) is 74.0 Å². The summed E-state index contributed by atoms with van der Waals surface area (Å²) in [6.07, 6.45) is 12.2. The van der Waals surface area contributed by atoms with Crippen molar-refractivity contribution in [2.45, 2.75) is 57.8 Å². The molecule has 0 radical (unpaired) electrons. The van der Waals surface area contributed by atoms with Crippen LogP contribution in [0.5, 0.6) is 0 Å². The molecule has 2 aromatic rings. The average molecular weight is 614 g/mol. The summed E-state index contributed by atoms with van der Waals surface area (Å²) in [4.78, 5) is 2.42. The summed E-state index contributed by atoms with van der Waals surface area (Å²) in [7, 11) is 0. The van der Waals surface area contributed by atoms with Crippen molar-refractivity contribution in [3.05, 3.63) is 106 Å². The molecule has 0 atom stereocenters. The van der Waals surface area contributed by atoms with Crippen LogP contribution in [0.25, 0.3) is 0 Å². The van der Waals surface area contributed by atoms with E-state index in [1.54, 1.807) is 0 Å². The van der Waals surface area contributed by atoms with E-state index in [0.29, 0.717) is 39.6 Å². The first-order valence-electron chi connectivity index (χ1n) is 16.1. The lowest BCUT2D eigenvalue weighted by molar-refractivity contribution is -0.442. The number of nitrogens with zero attached hydrogens (tertiary/aromatic N) is 2. The van der Waals surface area contributed by atoms with Crippen molar-refractivity contribution in [1.82, 2.24) is 0 Å². The molecule has 0 N–H and O–H groups in total. The van der Waals surface area contributed by atoms with Crippen molar-refractivity contribution in [3.8, 4) is 0 Å². The van der Waals surface area contributed by atoms with E-state index in [-0.39, 0.29) is 10.8 Å². The number of ether oxygens (including phenoxy) is 3. The number of anilines is 1. The molecular weight excluding hydrogens is 568 g/mol. The molecule has 44 heavy (non-hydrogen) atoms. The second-order valence-corrected chi connectivity index (χ2v) is 13.5. The Labute approximate surface area is 268 Å². The second kappa shape index (κ2) is 13.2. The first-order valence-corrected chi connectivity index (χ1v) is 16.5. The fourth-order valence-electron chi connectivity index (χ4n) is 7.18. The Morgan fingerprint density at radius 1 is 0.727 bits per heavy atom. The summed E-state index contributed by atoms with van der Waals surface area (Å²) < 4.78 is 20.3. The van der Waals surface area contributed by atoms with Gasteiger partial charge in [0.25, 0.3) is 0 Å². The zero-order valence-electron chi connectivity index (χ0n) is 26.7. The molecule has 0 amide bonds. The molecule has 5 nitrogen and oxygen atoms in total. The second-order valence-electron chi connectivity index (χ2n) is 13.1. The number of fused-ring (bicyclic) bond motifs is 6. The number of hydrogen-bond acceptors (Lipinski definition) is 4. The molecule has 0 fully saturated rings. The molecule has 0 unspecified atom stereocenters.